The third kappa shape index (κ3) is 6.01. The number of amides is 2. The van der Waals surface area contributed by atoms with Crippen molar-refractivity contribution in [3.8, 4) is 5.69 Å². The van der Waals surface area contributed by atoms with Crippen LogP contribution < -0.4 is 21.5 Å². The van der Waals surface area contributed by atoms with E-state index in [2.05, 4.69) is 16.0 Å². The lowest BCUT2D eigenvalue weighted by Gasteiger charge is -2.19. The molecule has 1 heterocycles. The van der Waals surface area contributed by atoms with E-state index in [4.69, 9.17) is 11.6 Å². The number of nitrogens with zero attached hydrogens (tertiary/aromatic N) is 1. The Morgan fingerprint density at radius 1 is 1.00 bits per heavy atom. The van der Waals surface area contributed by atoms with Crippen LogP contribution >= 0.6 is 11.6 Å². The third-order valence-electron chi connectivity index (χ3n) is 6.34. The predicted molar refractivity (Wildman–Crippen MR) is 139 cm³/mol. The summed E-state index contributed by atoms with van der Waals surface area (Å²) in [6.07, 6.45) is 3.43. The molecular weight excluding hydrogens is 483 g/mol. The maximum absolute atomic E-state index is 14.9. The van der Waals surface area contributed by atoms with E-state index in [1.807, 2.05) is 6.92 Å². The van der Waals surface area contributed by atoms with Crippen molar-refractivity contribution >= 4 is 34.8 Å². The van der Waals surface area contributed by atoms with Crippen molar-refractivity contribution < 1.29 is 14.0 Å². The van der Waals surface area contributed by atoms with E-state index in [1.54, 1.807) is 48.7 Å². The highest BCUT2D eigenvalue weighted by molar-refractivity contribution is 6.30. The molecule has 0 aliphatic heterocycles. The van der Waals surface area contributed by atoms with Crippen LogP contribution in [0, 0.1) is 17.7 Å². The second kappa shape index (κ2) is 11.5. The van der Waals surface area contributed by atoms with Crippen molar-refractivity contribution in [2.45, 2.75) is 32.2 Å². The Morgan fingerprint density at radius 3 is 2.33 bits per heavy atom. The van der Waals surface area contributed by atoms with Gasteiger partial charge in [0.2, 0.25) is 11.8 Å². The van der Waals surface area contributed by atoms with Gasteiger partial charge in [-0.15, -0.1) is 0 Å². The highest BCUT2D eigenvalue weighted by Gasteiger charge is 2.42. The highest BCUT2D eigenvalue weighted by Crippen LogP contribution is 2.35. The molecule has 2 amide bonds. The van der Waals surface area contributed by atoms with Gasteiger partial charge in [0.15, 0.2) is 0 Å². The lowest BCUT2D eigenvalue weighted by molar-refractivity contribution is -0.128. The van der Waals surface area contributed by atoms with Crippen molar-refractivity contribution in [1.82, 2.24) is 9.88 Å². The summed E-state index contributed by atoms with van der Waals surface area (Å²) < 4.78 is 16.2. The van der Waals surface area contributed by atoms with Crippen LogP contribution in [0.2, 0.25) is 5.02 Å². The first-order valence-corrected chi connectivity index (χ1v) is 12.3. The Labute approximate surface area is 213 Å². The molecule has 1 aromatic heterocycles. The van der Waals surface area contributed by atoms with Crippen molar-refractivity contribution in [3.05, 3.63) is 88.1 Å². The summed E-state index contributed by atoms with van der Waals surface area (Å²) in [4.78, 5) is 38.4. The summed E-state index contributed by atoms with van der Waals surface area (Å²) in [5.41, 5.74) is 0.640. The fraction of sp³-hybridized carbons (Fsp3) is 0.296. The quantitative estimate of drug-likeness (QED) is 0.413. The first-order chi connectivity index (χ1) is 17.4. The number of aromatic nitrogens is 1. The molecule has 1 unspecified atom stereocenters. The minimum absolute atomic E-state index is 0.00107. The minimum atomic E-state index is -0.669. The van der Waals surface area contributed by atoms with Gasteiger partial charge in [-0.05, 0) is 68.3 Å². The number of carbonyl (C=O) groups excluding carboxylic acids is 2. The zero-order valence-electron chi connectivity index (χ0n) is 19.8. The molecule has 0 spiro atoms. The predicted octanol–water partition coefficient (Wildman–Crippen LogP) is 4.60. The number of carbonyl (C=O) groups is 2. The summed E-state index contributed by atoms with van der Waals surface area (Å²) in [6, 6.07) is 15.6. The lowest BCUT2D eigenvalue weighted by atomic mass is 9.94. The standard InChI is InChI=1S/C27H28ClFN4O3/c1-2-12-30-19-14-21(26(35)31-18-8-6-17(28)7-9-18)22(15-19)27(36)32-24-11-10-20(16-23(24)29)33-13-4-3-5-25(33)34/h3-11,13,16,19,21-22,30H,2,12,14-15H2,1H3,(H,31,35)(H,32,36)/t19?,21-,22-/m0/s1. The number of benzene rings is 2. The van der Waals surface area contributed by atoms with Gasteiger partial charge in [0.25, 0.3) is 5.56 Å². The number of hydrogen-bond acceptors (Lipinski definition) is 4. The second-order valence-corrected chi connectivity index (χ2v) is 9.33. The van der Waals surface area contributed by atoms with E-state index >= 15 is 0 Å². The van der Waals surface area contributed by atoms with Gasteiger partial charge in [0.05, 0.1) is 23.2 Å². The molecule has 7 nitrogen and oxygen atoms in total. The van der Waals surface area contributed by atoms with Gasteiger partial charge in [-0.1, -0.05) is 24.6 Å². The van der Waals surface area contributed by atoms with Crippen molar-refractivity contribution in [1.29, 1.82) is 0 Å². The Balaban J connectivity index is 1.50. The van der Waals surface area contributed by atoms with Gasteiger partial charge < -0.3 is 16.0 Å². The Morgan fingerprint density at radius 2 is 1.69 bits per heavy atom. The molecule has 1 saturated carbocycles. The van der Waals surface area contributed by atoms with Crippen LogP contribution in [0.5, 0.6) is 0 Å². The van der Waals surface area contributed by atoms with Crippen LogP contribution in [0.1, 0.15) is 26.2 Å². The van der Waals surface area contributed by atoms with Crippen molar-refractivity contribution in [2.75, 3.05) is 17.2 Å². The monoisotopic (exact) mass is 510 g/mol. The Hall–Kier alpha value is -3.49. The van der Waals surface area contributed by atoms with Crippen molar-refractivity contribution in [3.63, 3.8) is 0 Å². The molecule has 0 bridgehead atoms. The normalized spacial score (nSPS) is 19.1. The van der Waals surface area contributed by atoms with Crippen LogP contribution in [0.15, 0.2) is 71.7 Å². The molecule has 4 rings (SSSR count). The molecule has 1 aliphatic rings. The summed E-state index contributed by atoms with van der Waals surface area (Å²) in [6.45, 7) is 2.83. The van der Waals surface area contributed by atoms with Crippen molar-refractivity contribution in [2.24, 2.45) is 11.8 Å². The molecule has 0 saturated heterocycles. The Bertz CT molecular complexity index is 1290. The lowest BCUT2D eigenvalue weighted by Crippen LogP contribution is -2.33. The van der Waals surface area contributed by atoms with Crippen LogP contribution in [0.3, 0.4) is 0 Å². The summed E-state index contributed by atoms with van der Waals surface area (Å²) in [5, 5.41) is 9.47. The molecule has 1 aliphatic carbocycles. The Kier molecular flexibility index (Phi) is 8.18. The van der Waals surface area contributed by atoms with Gasteiger partial charge >= 0.3 is 0 Å². The van der Waals surface area contributed by atoms with Gasteiger partial charge in [0, 0.05) is 35.1 Å². The fourth-order valence-electron chi connectivity index (χ4n) is 4.52. The number of nitrogens with one attached hydrogen (secondary N) is 3. The van der Waals surface area contributed by atoms with E-state index in [0.29, 0.717) is 29.2 Å². The van der Waals surface area contributed by atoms with Gasteiger partial charge in [0.1, 0.15) is 5.82 Å². The molecule has 1 fully saturated rings. The maximum Gasteiger partial charge on any atom is 0.255 e. The second-order valence-electron chi connectivity index (χ2n) is 8.89. The maximum atomic E-state index is 14.9. The average Bonchev–Trinajstić information content (AvgIpc) is 3.30. The topological polar surface area (TPSA) is 92.2 Å². The van der Waals surface area contributed by atoms with E-state index in [9.17, 15) is 18.8 Å². The average molecular weight is 511 g/mol. The number of halogens is 2. The SMILES string of the molecule is CCCNC1C[C@H](C(=O)Nc2ccc(Cl)cc2)[C@@H](C(=O)Nc2ccc(-n3ccccc3=O)cc2F)C1. The first-order valence-electron chi connectivity index (χ1n) is 11.9. The first kappa shape index (κ1) is 25.6. The third-order valence-corrected chi connectivity index (χ3v) is 6.59. The van der Waals surface area contributed by atoms with Crippen LogP contribution in [0.25, 0.3) is 5.69 Å². The molecule has 0 radical (unpaired) electrons. The molecule has 36 heavy (non-hydrogen) atoms. The van der Waals surface area contributed by atoms with Gasteiger partial charge in [-0.2, -0.15) is 0 Å². The van der Waals surface area contributed by atoms with Crippen LogP contribution in [-0.4, -0.2) is 29.0 Å². The molecule has 9 heteroatoms. The fourth-order valence-corrected chi connectivity index (χ4v) is 4.65. The number of pyridine rings is 1. The molecular formula is C27H28ClFN4O3. The van der Waals surface area contributed by atoms with Crippen LogP contribution in [-0.2, 0) is 9.59 Å². The van der Waals surface area contributed by atoms with Gasteiger partial charge in [-0.25, -0.2) is 4.39 Å². The molecule has 188 valence electrons. The largest absolute Gasteiger partial charge is 0.326 e. The summed E-state index contributed by atoms with van der Waals surface area (Å²) >= 11 is 5.93. The van der Waals surface area contributed by atoms with E-state index in [1.165, 1.54) is 22.8 Å². The molecule has 2 aromatic carbocycles. The van der Waals surface area contributed by atoms with E-state index < -0.39 is 23.6 Å². The van der Waals surface area contributed by atoms with E-state index in [-0.39, 0.29) is 23.2 Å². The zero-order chi connectivity index (χ0) is 25.7. The molecule has 3 atom stereocenters. The number of rotatable bonds is 8. The van der Waals surface area contributed by atoms with Crippen LogP contribution in [0.4, 0.5) is 15.8 Å². The highest BCUT2D eigenvalue weighted by atomic mass is 35.5. The smallest absolute Gasteiger partial charge is 0.255 e. The van der Waals surface area contributed by atoms with E-state index in [0.717, 1.165) is 13.0 Å². The molecule has 3 N–H and O–H groups in total. The number of hydrogen-bond donors (Lipinski definition) is 3. The number of anilines is 2. The van der Waals surface area contributed by atoms with Gasteiger partial charge in [-0.3, -0.25) is 19.0 Å². The molecule has 3 aromatic rings. The minimum Gasteiger partial charge on any atom is -0.326 e. The zero-order valence-corrected chi connectivity index (χ0v) is 20.6. The summed E-state index contributed by atoms with van der Waals surface area (Å²) in [7, 11) is 0. The summed E-state index contributed by atoms with van der Waals surface area (Å²) in [5.74, 6) is -2.58.